The van der Waals surface area contributed by atoms with E-state index in [2.05, 4.69) is 22.0 Å². The largest absolute Gasteiger partial charge is 0.494 e. The lowest BCUT2D eigenvalue weighted by Gasteiger charge is -2.34. The predicted molar refractivity (Wildman–Crippen MR) is 112 cm³/mol. The van der Waals surface area contributed by atoms with Crippen LogP contribution in [0.3, 0.4) is 0 Å². The number of nitrogens with zero attached hydrogens (tertiary/aromatic N) is 2. The highest BCUT2D eigenvalue weighted by Gasteiger charge is 2.23. The van der Waals surface area contributed by atoms with Crippen LogP contribution in [0.2, 0.25) is 5.02 Å². The number of carbonyl (C=O) groups excluding carboxylic acids is 1. The number of H-pyrrole nitrogens is 1. The molecule has 0 bridgehead atoms. The first-order chi connectivity index (χ1) is 13.6. The summed E-state index contributed by atoms with van der Waals surface area (Å²) in [6, 6.07) is 15.7. The highest BCUT2D eigenvalue weighted by atomic mass is 35.5. The first-order valence-electron chi connectivity index (χ1n) is 9.64. The first-order valence-corrected chi connectivity index (χ1v) is 10.0. The Kier molecular flexibility index (Phi) is 5.55. The fourth-order valence-corrected chi connectivity index (χ4v) is 3.79. The number of amides is 1. The van der Waals surface area contributed by atoms with Gasteiger partial charge in [0.2, 0.25) is 0 Å². The summed E-state index contributed by atoms with van der Waals surface area (Å²) in [5.41, 5.74) is 2.81. The van der Waals surface area contributed by atoms with Gasteiger partial charge in [-0.25, -0.2) is 0 Å². The van der Waals surface area contributed by atoms with Crippen LogP contribution in [-0.4, -0.2) is 53.5 Å². The maximum atomic E-state index is 12.8. The summed E-state index contributed by atoms with van der Waals surface area (Å²) in [7, 11) is 0. The van der Waals surface area contributed by atoms with Crippen molar-refractivity contribution in [1.82, 2.24) is 14.8 Å². The minimum atomic E-state index is 0.0491. The Bertz CT molecular complexity index is 960. The molecule has 146 valence electrons. The van der Waals surface area contributed by atoms with Crippen LogP contribution in [0.1, 0.15) is 23.0 Å². The summed E-state index contributed by atoms with van der Waals surface area (Å²) in [6.45, 7) is 6.74. The van der Waals surface area contributed by atoms with E-state index in [0.29, 0.717) is 17.3 Å². The van der Waals surface area contributed by atoms with Crippen LogP contribution in [0, 0.1) is 0 Å². The van der Waals surface area contributed by atoms with E-state index >= 15 is 0 Å². The number of halogens is 1. The molecule has 4 rings (SSSR count). The van der Waals surface area contributed by atoms with Crippen molar-refractivity contribution in [2.75, 3.05) is 32.8 Å². The summed E-state index contributed by atoms with van der Waals surface area (Å²) >= 11 is 6.04. The summed E-state index contributed by atoms with van der Waals surface area (Å²) in [4.78, 5) is 20.4. The first kappa shape index (κ1) is 18.8. The van der Waals surface area contributed by atoms with Crippen molar-refractivity contribution in [2.45, 2.75) is 13.5 Å². The van der Waals surface area contributed by atoms with Crippen molar-refractivity contribution in [3.8, 4) is 5.75 Å². The van der Waals surface area contributed by atoms with E-state index in [0.717, 1.165) is 49.4 Å². The van der Waals surface area contributed by atoms with Gasteiger partial charge in [-0.1, -0.05) is 23.7 Å². The lowest BCUT2D eigenvalue weighted by Crippen LogP contribution is -2.48. The van der Waals surface area contributed by atoms with E-state index in [4.69, 9.17) is 16.3 Å². The third kappa shape index (κ3) is 4.16. The lowest BCUT2D eigenvalue weighted by atomic mass is 10.2. The Hall–Kier alpha value is -2.50. The molecule has 0 spiro atoms. The Morgan fingerprint density at radius 3 is 2.54 bits per heavy atom. The highest BCUT2D eigenvalue weighted by Crippen LogP contribution is 2.21. The van der Waals surface area contributed by atoms with Crippen molar-refractivity contribution >= 4 is 28.4 Å². The zero-order valence-corrected chi connectivity index (χ0v) is 16.7. The van der Waals surface area contributed by atoms with Gasteiger partial charge < -0.3 is 14.6 Å². The van der Waals surface area contributed by atoms with Gasteiger partial charge in [0.1, 0.15) is 11.4 Å². The number of benzene rings is 2. The molecule has 3 aromatic rings. The lowest BCUT2D eigenvalue weighted by molar-refractivity contribution is 0.0623. The zero-order chi connectivity index (χ0) is 19.5. The normalized spacial score (nSPS) is 15.1. The number of carbonyl (C=O) groups is 1. The van der Waals surface area contributed by atoms with Crippen LogP contribution in [0.5, 0.6) is 5.75 Å². The fourth-order valence-electron chi connectivity index (χ4n) is 3.61. The van der Waals surface area contributed by atoms with Crippen LogP contribution >= 0.6 is 11.6 Å². The van der Waals surface area contributed by atoms with E-state index in [1.165, 1.54) is 5.56 Å². The van der Waals surface area contributed by atoms with E-state index in [1.807, 2.05) is 48.2 Å². The van der Waals surface area contributed by atoms with Crippen LogP contribution in [0.4, 0.5) is 0 Å². The molecule has 1 N–H and O–H groups in total. The second kappa shape index (κ2) is 8.25. The van der Waals surface area contributed by atoms with Gasteiger partial charge in [0, 0.05) is 48.6 Å². The average Bonchev–Trinajstić information content (AvgIpc) is 3.13. The van der Waals surface area contributed by atoms with E-state index < -0.39 is 0 Å². The molecule has 1 aliphatic heterocycles. The molecule has 0 radical (unpaired) electrons. The molecular formula is C22H24ClN3O2. The minimum Gasteiger partial charge on any atom is -0.494 e. The number of hydrogen-bond acceptors (Lipinski definition) is 3. The van der Waals surface area contributed by atoms with Crippen LogP contribution in [-0.2, 0) is 6.54 Å². The zero-order valence-electron chi connectivity index (χ0n) is 16.0. The van der Waals surface area contributed by atoms with Crippen molar-refractivity contribution < 1.29 is 9.53 Å². The van der Waals surface area contributed by atoms with Gasteiger partial charge >= 0.3 is 0 Å². The number of aromatic nitrogens is 1. The molecule has 0 aliphatic carbocycles. The van der Waals surface area contributed by atoms with Crippen LogP contribution in [0.25, 0.3) is 10.9 Å². The van der Waals surface area contributed by atoms with Crippen molar-refractivity contribution in [1.29, 1.82) is 0 Å². The molecule has 0 unspecified atom stereocenters. The summed E-state index contributed by atoms with van der Waals surface area (Å²) in [5, 5.41) is 1.64. The number of piperazine rings is 1. The number of ether oxygens (including phenoxy) is 1. The summed E-state index contributed by atoms with van der Waals surface area (Å²) in [5.74, 6) is 0.953. The molecule has 1 amide bonds. The maximum absolute atomic E-state index is 12.8. The van der Waals surface area contributed by atoms with Crippen molar-refractivity contribution in [3.05, 3.63) is 64.8 Å². The maximum Gasteiger partial charge on any atom is 0.270 e. The monoisotopic (exact) mass is 397 g/mol. The van der Waals surface area contributed by atoms with Gasteiger partial charge in [-0.05, 0) is 48.9 Å². The van der Waals surface area contributed by atoms with Crippen LogP contribution in [0.15, 0.2) is 48.5 Å². The smallest absolute Gasteiger partial charge is 0.270 e. The van der Waals surface area contributed by atoms with Gasteiger partial charge in [-0.15, -0.1) is 0 Å². The number of rotatable bonds is 5. The Morgan fingerprint density at radius 1 is 1.07 bits per heavy atom. The number of aromatic amines is 1. The molecule has 6 heteroatoms. The quantitative estimate of drug-likeness (QED) is 0.702. The van der Waals surface area contributed by atoms with Gasteiger partial charge in [0.25, 0.3) is 5.91 Å². The molecule has 5 nitrogen and oxygen atoms in total. The van der Waals surface area contributed by atoms with Crippen LogP contribution < -0.4 is 4.74 Å². The predicted octanol–water partition coefficient (Wildman–Crippen LogP) is 4.18. The van der Waals surface area contributed by atoms with Crippen molar-refractivity contribution in [2.24, 2.45) is 0 Å². The number of hydrogen-bond donors (Lipinski definition) is 1. The Labute approximate surface area is 169 Å². The molecule has 1 fully saturated rings. The molecule has 1 aliphatic rings. The second-order valence-corrected chi connectivity index (χ2v) is 7.50. The van der Waals surface area contributed by atoms with Gasteiger partial charge in [-0.2, -0.15) is 0 Å². The van der Waals surface area contributed by atoms with Crippen molar-refractivity contribution in [3.63, 3.8) is 0 Å². The molecule has 1 saturated heterocycles. The third-order valence-corrected chi connectivity index (χ3v) is 5.35. The summed E-state index contributed by atoms with van der Waals surface area (Å²) in [6.07, 6.45) is 0. The number of fused-ring (bicyclic) bond motifs is 1. The highest BCUT2D eigenvalue weighted by molar-refractivity contribution is 6.31. The fraction of sp³-hybridized carbons (Fsp3) is 0.318. The Morgan fingerprint density at radius 2 is 1.82 bits per heavy atom. The topological polar surface area (TPSA) is 48.6 Å². The van der Waals surface area contributed by atoms with E-state index in [9.17, 15) is 4.79 Å². The molecule has 0 saturated carbocycles. The third-order valence-electron chi connectivity index (χ3n) is 5.11. The minimum absolute atomic E-state index is 0.0491. The Balaban J connectivity index is 1.34. The molecular weight excluding hydrogens is 374 g/mol. The second-order valence-electron chi connectivity index (χ2n) is 7.06. The molecule has 28 heavy (non-hydrogen) atoms. The van der Waals surface area contributed by atoms with Gasteiger partial charge in [0.15, 0.2) is 0 Å². The molecule has 2 heterocycles. The van der Waals surface area contributed by atoms with Gasteiger partial charge in [-0.3, -0.25) is 9.69 Å². The molecule has 2 aromatic carbocycles. The molecule has 1 aromatic heterocycles. The van der Waals surface area contributed by atoms with E-state index in [1.54, 1.807) is 0 Å². The average molecular weight is 398 g/mol. The van der Waals surface area contributed by atoms with E-state index in [-0.39, 0.29) is 5.91 Å². The molecule has 0 atom stereocenters. The number of nitrogens with one attached hydrogen (secondary N) is 1. The standard InChI is InChI=1S/C22H24ClN3O2/c1-2-28-19-6-3-16(4-7-19)15-25-9-11-26(12-10-25)22(27)21-14-17-13-18(23)5-8-20(17)24-21/h3-8,13-14,24H,2,9-12,15H2,1H3. The van der Waals surface area contributed by atoms with Gasteiger partial charge in [0.05, 0.1) is 6.61 Å². The summed E-state index contributed by atoms with van der Waals surface area (Å²) < 4.78 is 5.49. The SMILES string of the molecule is CCOc1ccc(CN2CCN(C(=O)c3cc4cc(Cl)ccc4[nH]3)CC2)cc1.